The Labute approximate surface area is 128 Å². The number of aromatic carboxylic acids is 1. The van der Waals surface area contributed by atoms with Gasteiger partial charge in [-0.05, 0) is 18.6 Å². The van der Waals surface area contributed by atoms with Gasteiger partial charge in [-0.1, -0.05) is 32.6 Å². The van der Waals surface area contributed by atoms with Gasteiger partial charge in [0, 0.05) is 12.0 Å². The fourth-order valence-corrected chi connectivity index (χ4v) is 1.63. The molecule has 0 bridgehead atoms. The fourth-order valence-electron chi connectivity index (χ4n) is 1.63. The smallest absolute Gasteiger partial charge is 0.342 e. The van der Waals surface area contributed by atoms with Gasteiger partial charge in [0.25, 0.3) is 6.29 Å². The Morgan fingerprint density at radius 1 is 1.23 bits per heavy atom. The highest BCUT2D eigenvalue weighted by Crippen LogP contribution is 2.18. The molecule has 1 rings (SSSR count). The third-order valence-electron chi connectivity index (χ3n) is 3.11. The molecule has 0 aliphatic rings. The molecule has 0 aliphatic heterocycles. The van der Waals surface area contributed by atoms with E-state index < -0.39 is 24.2 Å². The lowest BCUT2D eigenvalue weighted by Crippen LogP contribution is -2.30. The van der Waals surface area contributed by atoms with Gasteiger partial charge >= 0.3 is 17.9 Å². The van der Waals surface area contributed by atoms with Crippen LogP contribution in [0.2, 0.25) is 0 Å². The standard InChI is InChI=1S/C16H18O6/c1-4-10(3)16(21-13(17)5-2)22-15(20)12-9-7-6-8-11(12)14(18)19/h5-10,16H,2,4H2,1,3H3,(H,18,19). The summed E-state index contributed by atoms with van der Waals surface area (Å²) in [5.74, 6) is -3.06. The lowest BCUT2D eigenvalue weighted by Gasteiger charge is -2.22. The maximum Gasteiger partial charge on any atom is 0.342 e. The lowest BCUT2D eigenvalue weighted by atomic mass is 10.1. The van der Waals surface area contributed by atoms with Crippen LogP contribution in [0.4, 0.5) is 0 Å². The highest BCUT2D eigenvalue weighted by molar-refractivity contribution is 6.02. The minimum atomic E-state index is -1.24. The maximum atomic E-state index is 12.2. The van der Waals surface area contributed by atoms with Crippen molar-refractivity contribution in [1.29, 1.82) is 0 Å². The second-order valence-electron chi connectivity index (χ2n) is 4.65. The molecule has 0 radical (unpaired) electrons. The molecule has 1 aromatic carbocycles. The second kappa shape index (κ2) is 7.97. The van der Waals surface area contributed by atoms with Crippen LogP contribution in [-0.4, -0.2) is 29.3 Å². The molecule has 0 amide bonds. The van der Waals surface area contributed by atoms with Crippen LogP contribution in [0.1, 0.15) is 41.0 Å². The van der Waals surface area contributed by atoms with Crippen molar-refractivity contribution in [1.82, 2.24) is 0 Å². The van der Waals surface area contributed by atoms with Gasteiger partial charge < -0.3 is 14.6 Å². The zero-order valence-electron chi connectivity index (χ0n) is 12.4. The molecule has 0 aromatic heterocycles. The van der Waals surface area contributed by atoms with E-state index >= 15 is 0 Å². The minimum absolute atomic E-state index is 0.0991. The summed E-state index contributed by atoms with van der Waals surface area (Å²) < 4.78 is 10.2. The summed E-state index contributed by atoms with van der Waals surface area (Å²) >= 11 is 0. The SMILES string of the molecule is C=CC(=O)OC(OC(=O)c1ccccc1C(=O)O)C(C)CC. The van der Waals surface area contributed by atoms with E-state index in [9.17, 15) is 14.4 Å². The number of hydrogen-bond donors (Lipinski definition) is 1. The first-order valence-electron chi connectivity index (χ1n) is 6.77. The predicted molar refractivity (Wildman–Crippen MR) is 78.3 cm³/mol. The molecule has 0 spiro atoms. The lowest BCUT2D eigenvalue weighted by molar-refractivity contribution is -0.171. The number of carboxylic acid groups (broad SMARTS) is 1. The first-order chi connectivity index (χ1) is 10.4. The summed E-state index contributed by atoms with van der Waals surface area (Å²) in [7, 11) is 0. The summed E-state index contributed by atoms with van der Waals surface area (Å²) in [5.41, 5.74) is -0.275. The number of carbonyl (C=O) groups is 3. The van der Waals surface area contributed by atoms with Gasteiger partial charge in [-0.25, -0.2) is 14.4 Å². The molecule has 0 saturated heterocycles. The average Bonchev–Trinajstić information content (AvgIpc) is 2.52. The van der Waals surface area contributed by atoms with Crippen LogP contribution in [0.3, 0.4) is 0 Å². The van der Waals surface area contributed by atoms with Crippen LogP contribution in [-0.2, 0) is 14.3 Å². The molecule has 6 nitrogen and oxygen atoms in total. The topological polar surface area (TPSA) is 89.9 Å². The molecule has 0 heterocycles. The van der Waals surface area contributed by atoms with E-state index in [0.717, 1.165) is 6.08 Å². The highest BCUT2D eigenvalue weighted by Gasteiger charge is 2.26. The molecule has 1 aromatic rings. The van der Waals surface area contributed by atoms with E-state index in [1.54, 1.807) is 6.92 Å². The first kappa shape index (κ1) is 17.4. The minimum Gasteiger partial charge on any atom is -0.478 e. The number of carboxylic acids is 1. The molecule has 0 fully saturated rings. The van der Waals surface area contributed by atoms with Crippen molar-refractivity contribution in [2.75, 3.05) is 0 Å². The van der Waals surface area contributed by atoms with E-state index in [1.807, 2.05) is 6.92 Å². The van der Waals surface area contributed by atoms with Crippen molar-refractivity contribution in [3.63, 3.8) is 0 Å². The summed E-state index contributed by atoms with van der Waals surface area (Å²) in [4.78, 5) is 34.6. The Morgan fingerprint density at radius 3 is 2.32 bits per heavy atom. The van der Waals surface area contributed by atoms with Crippen molar-refractivity contribution in [3.05, 3.63) is 48.0 Å². The number of hydrogen-bond acceptors (Lipinski definition) is 5. The Morgan fingerprint density at radius 2 is 1.82 bits per heavy atom. The van der Waals surface area contributed by atoms with Gasteiger partial charge in [0.15, 0.2) is 0 Å². The Bertz CT molecular complexity index is 578. The van der Waals surface area contributed by atoms with E-state index in [2.05, 4.69) is 6.58 Å². The van der Waals surface area contributed by atoms with Crippen LogP contribution in [0.5, 0.6) is 0 Å². The molecule has 1 N–H and O–H groups in total. The van der Waals surface area contributed by atoms with Crippen LogP contribution in [0.25, 0.3) is 0 Å². The zero-order chi connectivity index (χ0) is 16.7. The van der Waals surface area contributed by atoms with Crippen molar-refractivity contribution in [2.24, 2.45) is 5.92 Å². The summed E-state index contributed by atoms with van der Waals surface area (Å²) in [5, 5.41) is 9.08. The van der Waals surface area contributed by atoms with Crippen molar-refractivity contribution in [3.8, 4) is 0 Å². The molecule has 118 valence electrons. The fraction of sp³-hybridized carbons (Fsp3) is 0.312. The van der Waals surface area contributed by atoms with Crippen LogP contribution in [0, 0.1) is 5.92 Å². The third kappa shape index (κ3) is 4.44. The maximum absolute atomic E-state index is 12.2. The monoisotopic (exact) mass is 306 g/mol. The zero-order valence-corrected chi connectivity index (χ0v) is 12.4. The van der Waals surface area contributed by atoms with E-state index in [1.165, 1.54) is 24.3 Å². The molecule has 0 aliphatic carbocycles. The van der Waals surface area contributed by atoms with Crippen molar-refractivity contribution >= 4 is 17.9 Å². The normalized spacial score (nSPS) is 12.8. The largest absolute Gasteiger partial charge is 0.478 e. The van der Waals surface area contributed by atoms with Gasteiger partial charge in [-0.15, -0.1) is 0 Å². The number of rotatable bonds is 7. The summed E-state index contributed by atoms with van der Waals surface area (Å²) in [6.45, 7) is 6.87. The van der Waals surface area contributed by atoms with E-state index in [-0.39, 0.29) is 17.0 Å². The Hall–Kier alpha value is -2.63. The van der Waals surface area contributed by atoms with Gasteiger partial charge in [-0.2, -0.15) is 0 Å². The summed E-state index contributed by atoms with van der Waals surface area (Å²) in [6.07, 6.45) is 0.460. The van der Waals surface area contributed by atoms with Crippen LogP contribution in [0.15, 0.2) is 36.9 Å². The number of carbonyl (C=O) groups excluding carboxylic acids is 2. The van der Waals surface area contributed by atoms with Gasteiger partial charge in [-0.3, -0.25) is 0 Å². The molecule has 2 unspecified atom stereocenters. The first-order valence-corrected chi connectivity index (χ1v) is 6.77. The molecule has 2 atom stereocenters. The molecular formula is C16H18O6. The Balaban J connectivity index is 2.98. The quantitative estimate of drug-likeness (QED) is 0.473. The Kier molecular flexibility index (Phi) is 6.31. The van der Waals surface area contributed by atoms with Crippen LogP contribution < -0.4 is 0 Å². The van der Waals surface area contributed by atoms with Gasteiger partial charge in [0.05, 0.1) is 11.1 Å². The van der Waals surface area contributed by atoms with Crippen molar-refractivity contribution < 1.29 is 29.0 Å². The van der Waals surface area contributed by atoms with E-state index in [0.29, 0.717) is 6.42 Å². The average molecular weight is 306 g/mol. The summed E-state index contributed by atoms with van der Waals surface area (Å²) in [6, 6.07) is 5.67. The number of esters is 2. The van der Waals surface area contributed by atoms with Crippen LogP contribution >= 0.6 is 0 Å². The second-order valence-corrected chi connectivity index (χ2v) is 4.65. The van der Waals surface area contributed by atoms with Gasteiger partial charge in [0.2, 0.25) is 0 Å². The van der Waals surface area contributed by atoms with E-state index in [4.69, 9.17) is 14.6 Å². The van der Waals surface area contributed by atoms with Crippen molar-refractivity contribution in [2.45, 2.75) is 26.6 Å². The highest BCUT2D eigenvalue weighted by atomic mass is 16.7. The number of benzene rings is 1. The third-order valence-corrected chi connectivity index (χ3v) is 3.11. The number of ether oxygens (including phenoxy) is 2. The molecule has 6 heteroatoms. The predicted octanol–water partition coefficient (Wildman–Crippen LogP) is 2.64. The van der Waals surface area contributed by atoms with Gasteiger partial charge in [0.1, 0.15) is 0 Å². The molecule has 0 saturated carbocycles. The molecular weight excluding hydrogens is 288 g/mol. The molecule has 22 heavy (non-hydrogen) atoms.